The van der Waals surface area contributed by atoms with Crippen LogP contribution in [0.15, 0.2) is 12.7 Å². The van der Waals surface area contributed by atoms with Gasteiger partial charge in [-0.25, -0.2) is 0 Å². The van der Waals surface area contributed by atoms with Crippen LogP contribution in [0.1, 0.15) is 39.0 Å². The molecule has 0 amide bonds. The van der Waals surface area contributed by atoms with Gasteiger partial charge in [0.2, 0.25) is 0 Å². The summed E-state index contributed by atoms with van der Waals surface area (Å²) in [6, 6.07) is 4.36. The summed E-state index contributed by atoms with van der Waals surface area (Å²) in [6.45, 7) is 5.14. The van der Waals surface area contributed by atoms with Crippen molar-refractivity contribution in [2.75, 3.05) is 6.61 Å². The van der Waals surface area contributed by atoms with Crippen molar-refractivity contribution in [1.29, 1.82) is 10.5 Å². The molecule has 4 heteroatoms. The molecule has 0 aromatic carbocycles. The van der Waals surface area contributed by atoms with E-state index in [1.54, 1.807) is 0 Å². The van der Waals surface area contributed by atoms with Crippen LogP contribution in [0.4, 0.5) is 0 Å². The Morgan fingerprint density at radius 3 is 2.57 bits per heavy atom. The number of nitriles is 2. The summed E-state index contributed by atoms with van der Waals surface area (Å²) in [7, 11) is 0. The van der Waals surface area contributed by atoms with E-state index in [9.17, 15) is 15.3 Å². The minimum atomic E-state index is -1.11. The monoisotopic (exact) mass is 284 g/mol. The number of carbonyl (C=O) groups excluding carboxylic acids is 1. The maximum Gasteiger partial charge on any atom is 0.303 e. The summed E-state index contributed by atoms with van der Waals surface area (Å²) in [5.41, 5.74) is -1.11. The lowest BCUT2D eigenvalue weighted by molar-refractivity contribution is -0.139. The van der Waals surface area contributed by atoms with E-state index in [0.29, 0.717) is 0 Å². The van der Waals surface area contributed by atoms with E-state index in [2.05, 4.69) is 30.6 Å². The van der Waals surface area contributed by atoms with Gasteiger partial charge in [0.05, 0.1) is 12.1 Å². The van der Waals surface area contributed by atoms with Crippen molar-refractivity contribution in [2.45, 2.75) is 39.0 Å². The smallest absolute Gasteiger partial charge is 0.303 e. The molecule has 0 aromatic heterocycles. The molecule has 0 aromatic rings. The third-order valence-corrected chi connectivity index (χ3v) is 3.99. The highest BCUT2D eigenvalue weighted by atomic mass is 16.5. The zero-order valence-corrected chi connectivity index (χ0v) is 12.4. The molecule has 4 nitrogen and oxygen atoms in total. The van der Waals surface area contributed by atoms with Crippen molar-refractivity contribution >= 4 is 5.97 Å². The lowest BCUT2D eigenvalue weighted by Gasteiger charge is -2.36. The highest BCUT2D eigenvalue weighted by Crippen LogP contribution is 2.44. The van der Waals surface area contributed by atoms with Gasteiger partial charge in [-0.2, -0.15) is 10.5 Å². The molecule has 0 spiro atoms. The fourth-order valence-corrected chi connectivity index (χ4v) is 2.85. The van der Waals surface area contributed by atoms with Crippen LogP contribution < -0.4 is 0 Å². The molecule has 0 saturated heterocycles. The van der Waals surface area contributed by atoms with E-state index < -0.39 is 11.4 Å². The molecular weight excluding hydrogens is 264 g/mol. The molecule has 1 aliphatic carbocycles. The Morgan fingerprint density at radius 2 is 2.00 bits per heavy atom. The highest BCUT2D eigenvalue weighted by molar-refractivity contribution is 5.66. The van der Waals surface area contributed by atoms with Crippen molar-refractivity contribution in [3.05, 3.63) is 12.7 Å². The Hall–Kier alpha value is -2.25. The molecule has 1 rings (SSSR count). The van der Waals surface area contributed by atoms with Gasteiger partial charge in [0.25, 0.3) is 0 Å². The fraction of sp³-hybridized carbons (Fsp3) is 0.588. The molecule has 1 aliphatic rings. The number of allylic oxidation sites excluding steroid dienone is 1. The topological polar surface area (TPSA) is 73.9 Å². The van der Waals surface area contributed by atoms with Gasteiger partial charge in [0.15, 0.2) is 12.0 Å². The number of hydrogen-bond acceptors (Lipinski definition) is 4. The number of rotatable bonds is 4. The van der Waals surface area contributed by atoms with Crippen LogP contribution in [0, 0.1) is 51.8 Å². The summed E-state index contributed by atoms with van der Waals surface area (Å²) < 4.78 is 4.72. The molecule has 0 aliphatic heterocycles. The number of esters is 1. The lowest BCUT2D eigenvalue weighted by atomic mass is 9.64. The summed E-state index contributed by atoms with van der Waals surface area (Å²) >= 11 is 0. The third-order valence-electron chi connectivity index (χ3n) is 3.99. The van der Waals surface area contributed by atoms with Crippen LogP contribution >= 0.6 is 0 Å². The largest absolute Gasteiger partial charge is 0.453 e. The van der Waals surface area contributed by atoms with Crippen LogP contribution in [-0.2, 0) is 9.53 Å². The van der Waals surface area contributed by atoms with Gasteiger partial charge in [-0.3, -0.25) is 4.79 Å². The molecule has 0 heterocycles. The van der Waals surface area contributed by atoms with Crippen molar-refractivity contribution in [1.82, 2.24) is 0 Å². The summed E-state index contributed by atoms with van der Waals surface area (Å²) in [6.07, 6.45) is 6.00. The first kappa shape index (κ1) is 16.8. The molecule has 2 unspecified atom stereocenters. The summed E-state index contributed by atoms with van der Waals surface area (Å²) in [4.78, 5) is 10.6. The predicted octanol–water partition coefficient (Wildman–Crippen LogP) is 2.97. The van der Waals surface area contributed by atoms with Gasteiger partial charge in [-0.1, -0.05) is 30.8 Å². The Bertz CT molecular complexity index is 514. The van der Waals surface area contributed by atoms with Crippen molar-refractivity contribution in [3.8, 4) is 24.0 Å². The number of nitrogens with zero attached hydrogens (tertiary/aromatic N) is 2. The van der Waals surface area contributed by atoms with Gasteiger partial charge in [0.1, 0.15) is 0 Å². The van der Waals surface area contributed by atoms with Gasteiger partial charge < -0.3 is 4.74 Å². The highest BCUT2D eigenvalue weighted by Gasteiger charge is 2.43. The second-order valence-electron chi connectivity index (χ2n) is 5.30. The minimum Gasteiger partial charge on any atom is -0.453 e. The first-order valence-corrected chi connectivity index (χ1v) is 7.13. The van der Waals surface area contributed by atoms with E-state index in [1.165, 1.54) is 6.92 Å². The molecule has 0 radical (unpaired) electrons. The standard InChI is InChI=1S/C17H20N2O2/c1-3-15-8-4-5-9-16(15)17(12-18,13-19)10-6-7-11-21-14(2)20/h3,15-16H,1,4-5,8-11H2,2H3. The van der Waals surface area contributed by atoms with E-state index in [4.69, 9.17) is 4.74 Å². The average Bonchev–Trinajstić information content (AvgIpc) is 2.51. The van der Waals surface area contributed by atoms with Crippen molar-refractivity contribution in [3.63, 3.8) is 0 Å². The molecular formula is C17H20N2O2. The maximum absolute atomic E-state index is 10.6. The number of hydrogen-bond donors (Lipinski definition) is 0. The Kier molecular flexibility index (Phi) is 6.51. The zero-order valence-electron chi connectivity index (χ0n) is 12.4. The van der Waals surface area contributed by atoms with Gasteiger partial charge in [0, 0.05) is 13.3 Å². The third kappa shape index (κ3) is 4.37. The van der Waals surface area contributed by atoms with Crippen molar-refractivity contribution < 1.29 is 9.53 Å². The molecule has 0 N–H and O–H groups in total. The summed E-state index contributed by atoms with van der Waals surface area (Å²) in [5.74, 6) is 5.28. The van der Waals surface area contributed by atoms with Gasteiger partial charge in [-0.05, 0) is 24.7 Å². The lowest BCUT2D eigenvalue weighted by Crippen LogP contribution is -2.34. The first-order valence-electron chi connectivity index (χ1n) is 7.13. The second-order valence-corrected chi connectivity index (χ2v) is 5.30. The number of ether oxygens (including phenoxy) is 1. The Labute approximate surface area is 126 Å². The zero-order chi connectivity index (χ0) is 15.7. The maximum atomic E-state index is 10.6. The SMILES string of the molecule is C=CC1CCCCC1C(C#N)(C#N)CC#CCOC(C)=O. The molecule has 21 heavy (non-hydrogen) atoms. The summed E-state index contributed by atoms with van der Waals surface area (Å²) in [5, 5.41) is 19.1. The van der Waals surface area contributed by atoms with Crippen LogP contribution in [0.5, 0.6) is 0 Å². The van der Waals surface area contributed by atoms with Crippen LogP contribution in [0.25, 0.3) is 0 Å². The van der Waals surface area contributed by atoms with Crippen LogP contribution in [0.2, 0.25) is 0 Å². The van der Waals surface area contributed by atoms with Crippen LogP contribution in [0.3, 0.4) is 0 Å². The van der Waals surface area contributed by atoms with Gasteiger partial charge >= 0.3 is 5.97 Å². The van der Waals surface area contributed by atoms with E-state index in [0.717, 1.165) is 25.7 Å². The first-order chi connectivity index (χ1) is 10.1. The Morgan fingerprint density at radius 1 is 1.33 bits per heavy atom. The molecule has 0 bridgehead atoms. The molecule has 1 fully saturated rings. The quantitative estimate of drug-likeness (QED) is 0.452. The van der Waals surface area contributed by atoms with E-state index >= 15 is 0 Å². The van der Waals surface area contributed by atoms with E-state index in [1.807, 2.05) is 6.08 Å². The van der Waals surface area contributed by atoms with Crippen molar-refractivity contribution in [2.24, 2.45) is 17.3 Å². The van der Waals surface area contributed by atoms with Gasteiger partial charge in [-0.15, -0.1) is 6.58 Å². The average molecular weight is 284 g/mol. The predicted molar refractivity (Wildman–Crippen MR) is 78.3 cm³/mol. The second kappa shape index (κ2) is 8.13. The molecule has 110 valence electrons. The fourth-order valence-electron chi connectivity index (χ4n) is 2.85. The van der Waals surface area contributed by atoms with E-state index in [-0.39, 0.29) is 24.9 Å². The Balaban J connectivity index is 2.83. The number of carbonyl (C=O) groups is 1. The normalized spacial score (nSPS) is 21.1. The molecule has 1 saturated carbocycles. The van der Waals surface area contributed by atoms with Crippen LogP contribution in [-0.4, -0.2) is 12.6 Å². The molecule has 2 atom stereocenters. The minimum absolute atomic E-state index is 0.00216.